The van der Waals surface area contributed by atoms with Crippen molar-refractivity contribution >= 4 is 17.9 Å². The Morgan fingerprint density at radius 3 is 2.44 bits per heavy atom. The van der Waals surface area contributed by atoms with E-state index in [4.69, 9.17) is 14.2 Å². The zero-order chi connectivity index (χ0) is 18.7. The molecule has 0 atom stereocenters. The van der Waals surface area contributed by atoms with E-state index in [9.17, 15) is 14.4 Å². The summed E-state index contributed by atoms with van der Waals surface area (Å²) in [5, 5.41) is 4.59. The minimum absolute atomic E-state index is 0.0368. The molecule has 25 heavy (non-hydrogen) atoms. The summed E-state index contributed by atoms with van der Waals surface area (Å²) in [7, 11) is 1.52. The monoisotopic (exact) mass is 352 g/mol. The van der Waals surface area contributed by atoms with E-state index < -0.39 is 24.5 Å². The van der Waals surface area contributed by atoms with Gasteiger partial charge in [0.1, 0.15) is 0 Å². The van der Waals surface area contributed by atoms with E-state index in [1.807, 2.05) is 13.8 Å². The van der Waals surface area contributed by atoms with Gasteiger partial charge in [-0.1, -0.05) is 26.0 Å². The molecule has 0 aliphatic rings. The van der Waals surface area contributed by atoms with Crippen LogP contribution in [-0.2, 0) is 14.3 Å². The summed E-state index contributed by atoms with van der Waals surface area (Å²) < 4.78 is 15.3. The normalized spacial score (nSPS) is 10.1. The standard InChI is InChI=1S/C17H24N2O6/c1-12(2)10-18-17(22)19-15(20)11-25-16(21)8-9-24-14-7-5-4-6-13(14)23-3/h4-7,12H,8-11H2,1-3H3,(H2,18,19,20,22). The molecule has 138 valence electrons. The topological polar surface area (TPSA) is 103 Å². The molecule has 0 heterocycles. The molecule has 3 amide bonds. The Kier molecular flexibility index (Phi) is 8.84. The van der Waals surface area contributed by atoms with Crippen molar-refractivity contribution in [1.82, 2.24) is 10.6 Å². The lowest BCUT2D eigenvalue weighted by molar-refractivity contribution is -0.148. The first-order chi connectivity index (χ1) is 11.9. The Labute approximate surface area is 146 Å². The van der Waals surface area contributed by atoms with Gasteiger partial charge in [0.2, 0.25) is 0 Å². The Morgan fingerprint density at radius 1 is 1.12 bits per heavy atom. The number of urea groups is 1. The summed E-state index contributed by atoms with van der Waals surface area (Å²) in [6.45, 7) is 3.85. The maximum Gasteiger partial charge on any atom is 0.321 e. The number of esters is 1. The van der Waals surface area contributed by atoms with Crippen LogP contribution in [0.1, 0.15) is 20.3 Å². The van der Waals surface area contributed by atoms with Gasteiger partial charge in [0.25, 0.3) is 5.91 Å². The second-order valence-electron chi connectivity index (χ2n) is 5.56. The van der Waals surface area contributed by atoms with Gasteiger partial charge in [0.05, 0.1) is 20.1 Å². The van der Waals surface area contributed by atoms with E-state index in [1.54, 1.807) is 24.3 Å². The van der Waals surface area contributed by atoms with Crippen molar-refractivity contribution in [2.75, 3.05) is 26.9 Å². The van der Waals surface area contributed by atoms with Crippen molar-refractivity contribution in [2.45, 2.75) is 20.3 Å². The van der Waals surface area contributed by atoms with Crippen LogP contribution in [0.15, 0.2) is 24.3 Å². The molecule has 1 aromatic carbocycles. The highest BCUT2D eigenvalue weighted by atomic mass is 16.5. The lowest BCUT2D eigenvalue weighted by atomic mass is 10.2. The third kappa shape index (κ3) is 8.59. The number of benzene rings is 1. The lowest BCUT2D eigenvalue weighted by Gasteiger charge is -2.10. The smallest absolute Gasteiger partial charge is 0.321 e. The highest BCUT2D eigenvalue weighted by Crippen LogP contribution is 2.25. The van der Waals surface area contributed by atoms with Gasteiger partial charge in [0, 0.05) is 6.54 Å². The van der Waals surface area contributed by atoms with Crippen LogP contribution in [-0.4, -0.2) is 44.8 Å². The van der Waals surface area contributed by atoms with Crippen LogP contribution >= 0.6 is 0 Å². The number of nitrogens with one attached hydrogen (secondary N) is 2. The molecule has 8 nitrogen and oxygen atoms in total. The molecule has 0 aromatic heterocycles. The third-order valence-corrected chi connectivity index (χ3v) is 2.92. The average molecular weight is 352 g/mol. The summed E-state index contributed by atoms with van der Waals surface area (Å²) in [5.74, 6) is 0.0369. The molecule has 0 fully saturated rings. The Hall–Kier alpha value is -2.77. The van der Waals surface area contributed by atoms with Crippen LogP contribution in [0.3, 0.4) is 0 Å². The lowest BCUT2D eigenvalue weighted by Crippen LogP contribution is -2.42. The van der Waals surface area contributed by atoms with Crippen molar-refractivity contribution in [2.24, 2.45) is 5.92 Å². The van der Waals surface area contributed by atoms with Gasteiger partial charge in [0.15, 0.2) is 18.1 Å². The molecule has 0 bridgehead atoms. The molecule has 0 aliphatic carbocycles. The van der Waals surface area contributed by atoms with Crippen LogP contribution in [0, 0.1) is 5.92 Å². The van der Waals surface area contributed by atoms with E-state index in [0.717, 1.165) is 0 Å². The summed E-state index contributed by atoms with van der Waals surface area (Å²) in [5.41, 5.74) is 0. The molecule has 0 unspecified atom stereocenters. The highest BCUT2D eigenvalue weighted by Gasteiger charge is 2.11. The van der Waals surface area contributed by atoms with E-state index in [1.165, 1.54) is 7.11 Å². The Bertz CT molecular complexity index is 588. The molecular formula is C17H24N2O6. The molecule has 2 N–H and O–H groups in total. The number of methoxy groups -OCH3 is 1. The zero-order valence-corrected chi connectivity index (χ0v) is 14.7. The molecular weight excluding hydrogens is 328 g/mol. The fraction of sp³-hybridized carbons (Fsp3) is 0.471. The maximum atomic E-state index is 11.6. The first-order valence-electron chi connectivity index (χ1n) is 7.91. The van der Waals surface area contributed by atoms with Crippen molar-refractivity contribution in [3.05, 3.63) is 24.3 Å². The fourth-order valence-electron chi connectivity index (χ4n) is 1.70. The fourth-order valence-corrected chi connectivity index (χ4v) is 1.70. The second kappa shape index (κ2) is 10.9. The highest BCUT2D eigenvalue weighted by molar-refractivity contribution is 5.95. The maximum absolute atomic E-state index is 11.6. The first-order valence-corrected chi connectivity index (χ1v) is 7.91. The summed E-state index contributed by atoms with van der Waals surface area (Å²) in [6.07, 6.45) is -0.0368. The van der Waals surface area contributed by atoms with E-state index in [2.05, 4.69) is 10.6 Å². The predicted octanol–water partition coefficient (Wildman–Crippen LogP) is 1.49. The molecule has 0 aliphatic heterocycles. The van der Waals surface area contributed by atoms with Crippen LogP contribution in [0.4, 0.5) is 4.79 Å². The summed E-state index contributed by atoms with van der Waals surface area (Å²) in [4.78, 5) is 34.4. The molecule has 1 rings (SSSR count). The number of imide groups is 1. The number of hydrogen-bond donors (Lipinski definition) is 2. The van der Waals surface area contributed by atoms with Crippen molar-refractivity contribution in [3.8, 4) is 11.5 Å². The number of hydrogen-bond acceptors (Lipinski definition) is 6. The van der Waals surface area contributed by atoms with Gasteiger partial charge in [-0.05, 0) is 18.1 Å². The Morgan fingerprint density at radius 2 is 1.80 bits per heavy atom. The SMILES string of the molecule is COc1ccccc1OCCC(=O)OCC(=O)NC(=O)NCC(C)C. The summed E-state index contributed by atoms with van der Waals surface area (Å²) in [6, 6.07) is 6.42. The van der Waals surface area contributed by atoms with Gasteiger partial charge in [-0.2, -0.15) is 0 Å². The molecule has 0 saturated heterocycles. The molecule has 0 radical (unpaired) electrons. The van der Waals surface area contributed by atoms with Crippen LogP contribution in [0.2, 0.25) is 0 Å². The van der Waals surface area contributed by atoms with Crippen LogP contribution in [0.25, 0.3) is 0 Å². The number of carbonyl (C=O) groups is 3. The van der Waals surface area contributed by atoms with Crippen molar-refractivity contribution < 1.29 is 28.6 Å². The number of ether oxygens (including phenoxy) is 3. The minimum Gasteiger partial charge on any atom is -0.493 e. The quantitative estimate of drug-likeness (QED) is 0.653. The third-order valence-electron chi connectivity index (χ3n) is 2.92. The van der Waals surface area contributed by atoms with Crippen molar-refractivity contribution in [3.63, 3.8) is 0 Å². The molecule has 1 aromatic rings. The number of rotatable bonds is 9. The van der Waals surface area contributed by atoms with E-state index >= 15 is 0 Å². The number of amides is 3. The number of para-hydroxylation sites is 2. The van der Waals surface area contributed by atoms with Crippen molar-refractivity contribution in [1.29, 1.82) is 0 Å². The van der Waals surface area contributed by atoms with Crippen LogP contribution < -0.4 is 20.1 Å². The predicted molar refractivity (Wildman–Crippen MR) is 90.4 cm³/mol. The van der Waals surface area contributed by atoms with Gasteiger partial charge in [-0.25, -0.2) is 4.79 Å². The molecule has 0 spiro atoms. The van der Waals surface area contributed by atoms with E-state index in [0.29, 0.717) is 18.0 Å². The van der Waals surface area contributed by atoms with Gasteiger partial charge >= 0.3 is 12.0 Å². The first kappa shape index (κ1) is 20.3. The minimum atomic E-state index is -0.694. The second-order valence-corrected chi connectivity index (χ2v) is 5.56. The Balaban J connectivity index is 2.22. The zero-order valence-electron chi connectivity index (χ0n) is 14.7. The van der Waals surface area contributed by atoms with Gasteiger partial charge in [-0.15, -0.1) is 0 Å². The van der Waals surface area contributed by atoms with E-state index in [-0.39, 0.29) is 18.9 Å². The summed E-state index contributed by atoms with van der Waals surface area (Å²) >= 11 is 0. The van der Waals surface area contributed by atoms with Crippen LogP contribution in [0.5, 0.6) is 11.5 Å². The van der Waals surface area contributed by atoms with Gasteiger partial charge in [-0.3, -0.25) is 14.9 Å². The largest absolute Gasteiger partial charge is 0.493 e. The number of carbonyl (C=O) groups excluding carboxylic acids is 3. The average Bonchev–Trinajstić information content (AvgIpc) is 2.58. The van der Waals surface area contributed by atoms with Gasteiger partial charge < -0.3 is 19.5 Å². The molecule has 0 saturated carbocycles. The molecule has 8 heteroatoms.